The Morgan fingerprint density at radius 2 is 1.65 bits per heavy atom. The lowest BCUT2D eigenvalue weighted by atomic mass is 10.1. The highest BCUT2D eigenvalue weighted by molar-refractivity contribution is 7.85. The maximum Gasteiger partial charge on any atom is 0.295 e. The van der Waals surface area contributed by atoms with E-state index in [1.807, 2.05) is 24.3 Å². The predicted molar refractivity (Wildman–Crippen MR) is 88.7 cm³/mol. The average Bonchev–Trinajstić information content (AvgIpc) is 2.54. The number of nitrogens with two attached hydrogens (primary N) is 1. The summed E-state index contributed by atoms with van der Waals surface area (Å²) in [4.78, 5) is -0.195. The van der Waals surface area contributed by atoms with Crippen molar-refractivity contribution < 1.29 is 13.0 Å². The molecule has 0 spiro atoms. The van der Waals surface area contributed by atoms with E-state index < -0.39 is 10.1 Å². The normalized spacial score (nSPS) is 14.1. The topological polar surface area (TPSA) is 105 Å². The van der Waals surface area contributed by atoms with E-state index in [9.17, 15) is 13.0 Å². The van der Waals surface area contributed by atoms with Gasteiger partial charge < -0.3 is 5.73 Å². The summed E-state index contributed by atoms with van der Waals surface area (Å²) in [7, 11) is -4.37. The molecule has 0 bridgehead atoms. The first-order chi connectivity index (χ1) is 11.0. The van der Waals surface area contributed by atoms with Gasteiger partial charge in [-0.05, 0) is 31.0 Å². The number of hydrogen-bond acceptors (Lipinski definition) is 5. The van der Waals surface area contributed by atoms with Gasteiger partial charge in [-0.25, -0.2) is 0 Å². The Morgan fingerprint density at radius 1 is 1.00 bits per heavy atom. The van der Waals surface area contributed by atoms with Crippen LogP contribution in [0.5, 0.6) is 0 Å². The Morgan fingerprint density at radius 3 is 2.30 bits per heavy atom. The quantitative estimate of drug-likeness (QED) is 0.512. The largest absolute Gasteiger partial charge is 0.396 e. The summed E-state index contributed by atoms with van der Waals surface area (Å²) in [6, 6.07) is 10.3. The van der Waals surface area contributed by atoms with Gasteiger partial charge in [0.05, 0.1) is 11.4 Å². The van der Waals surface area contributed by atoms with Crippen LogP contribution in [-0.2, 0) is 10.1 Å². The fourth-order valence-electron chi connectivity index (χ4n) is 2.48. The van der Waals surface area contributed by atoms with Gasteiger partial charge >= 0.3 is 0 Å². The number of anilines is 1. The van der Waals surface area contributed by atoms with Crippen LogP contribution in [0.2, 0.25) is 0 Å². The van der Waals surface area contributed by atoms with Crippen molar-refractivity contribution in [2.45, 2.75) is 17.7 Å². The molecule has 0 aromatic heterocycles. The van der Waals surface area contributed by atoms with Crippen LogP contribution >= 0.6 is 0 Å². The van der Waals surface area contributed by atoms with Crippen LogP contribution in [0, 0.1) is 0 Å². The third-order valence-corrected chi connectivity index (χ3v) is 4.45. The zero-order valence-electron chi connectivity index (χ0n) is 12.2. The molecular formula is C16H15N3O3S. The van der Waals surface area contributed by atoms with Crippen molar-refractivity contribution in [3.8, 4) is 0 Å². The van der Waals surface area contributed by atoms with Crippen molar-refractivity contribution >= 4 is 39.3 Å². The molecule has 0 unspecified atom stereocenters. The first-order valence-electron chi connectivity index (χ1n) is 7.04. The van der Waals surface area contributed by atoms with E-state index in [1.54, 1.807) is 18.2 Å². The summed E-state index contributed by atoms with van der Waals surface area (Å²) in [5.41, 5.74) is 7.28. The molecule has 23 heavy (non-hydrogen) atoms. The third kappa shape index (κ3) is 3.15. The zero-order valence-corrected chi connectivity index (χ0v) is 13.0. The highest BCUT2D eigenvalue weighted by Gasteiger charge is 2.17. The minimum atomic E-state index is -4.37. The van der Waals surface area contributed by atoms with Gasteiger partial charge in [0, 0.05) is 10.4 Å². The van der Waals surface area contributed by atoms with Gasteiger partial charge in [0.15, 0.2) is 0 Å². The van der Waals surface area contributed by atoms with Crippen LogP contribution in [0.15, 0.2) is 51.5 Å². The molecule has 118 valence electrons. The van der Waals surface area contributed by atoms with E-state index in [4.69, 9.17) is 5.73 Å². The summed E-state index contributed by atoms with van der Waals surface area (Å²) in [6.45, 7) is 0. The maximum absolute atomic E-state index is 11.7. The highest BCUT2D eigenvalue weighted by atomic mass is 32.2. The molecule has 2 aromatic rings. The van der Waals surface area contributed by atoms with Crippen LogP contribution in [0.3, 0.4) is 0 Å². The smallest absolute Gasteiger partial charge is 0.295 e. The highest BCUT2D eigenvalue weighted by Crippen LogP contribution is 2.24. The Kier molecular flexibility index (Phi) is 3.97. The SMILES string of the molecule is Nc1c(N=Nc2ccccc2)cc(S(=O)(=O)O)c2c1=CCCC=2. The first-order valence-corrected chi connectivity index (χ1v) is 8.48. The summed E-state index contributed by atoms with van der Waals surface area (Å²) in [5.74, 6) is 0. The van der Waals surface area contributed by atoms with Crippen molar-refractivity contribution in [1.29, 1.82) is 0 Å². The van der Waals surface area contributed by atoms with Gasteiger partial charge in [-0.2, -0.15) is 13.5 Å². The number of benzene rings is 2. The molecule has 0 heterocycles. The van der Waals surface area contributed by atoms with Gasteiger partial charge in [0.2, 0.25) is 0 Å². The fourth-order valence-corrected chi connectivity index (χ4v) is 3.22. The van der Waals surface area contributed by atoms with Crippen molar-refractivity contribution in [2.24, 2.45) is 10.2 Å². The second-order valence-corrected chi connectivity index (χ2v) is 6.52. The van der Waals surface area contributed by atoms with Crippen molar-refractivity contribution in [3.05, 3.63) is 46.8 Å². The van der Waals surface area contributed by atoms with E-state index in [0.717, 1.165) is 6.42 Å². The van der Waals surface area contributed by atoms with E-state index in [1.165, 1.54) is 6.07 Å². The molecule has 2 aromatic carbocycles. The van der Waals surface area contributed by atoms with Crippen LogP contribution in [0.4, 0.5) is 17.1 Å². The second-order valence-electron chi connectivity index (χ2n) is 5.13. The molecule has 3 N–H and O–H groups in total. The number of nitrogen functional groups attached to an aromatic ring is 1. The van der Waals surface area contributed by atoms with Crippen LogP contribution in [0.1, 0.15) is 12.8 Å². The molecule has 1 aliphatic carbocycles. The Hall–Kier alpha value is -2.51. The summed E-state index contributed by atoms with van der Waals surface area (Å²) < 4.78 is 32.8. The van der Waals surface area contributed by atoms with Gasteiger partial charge in [-0.1, -0.05) is 30.4 Å². The second kappa shape index (κ2) is 5.94. The summed E-state index contributed by atoms with van der Waals surface area (Å²) in [5, 5.41) is 9.11. The minimum absolute atomic E-state index is 0.195. The van der Waals surface area contributed by atoms with E-state index in [0.29, 0.717) is 28.2 Å². The standard InChI is InChI=1S/C16H15N3O3S/c17-16-13-9-5-4-8-12(13)15(23(20,21)22)10-14(16)19-18-11-6-2-1-3-7-11/h1-3,6-10H,4-5,17H2,(H,20,21,22). The summed E-state index contributed by atoms with van der Waals surface area (Å²) in [6.07, 6.45) is 5.05. The molecule has 0 fully saturated rings. The molecule has 0 radical (unpaired) electrons. The number of rotatable bonds is 3. The fraction of sp³-hybridized carbons (Fsp3) is 0.125. The predicted octanol–water partition coefficient (Wildman–Crippen LogP) is 2.29. The third-order valence-electron chi connectivity index (χ3n) is 3.56. The molecule has 0 aliphatic heterocycles. The van der Waals surface area contributed by atoms with Crippen LogP contribution in [-0.4, -0.2) is 13.0 Å². The zero-order chi connectivity index (χ0) is 16.4. The molecule has 3 rings (SSSR count). The van der Waals surface area contributed by atoms with Crippen LogP contribution < -0.4 is 16.2 Å². The maximum atomic E-state index is 11.7. The Bertz CT molecular complexity index is 997. The molecular weight excluding hydrogens is 314 g/mol. The lowest BCUT2D eigenvalue weighted by molar-refractivity contribution is 0.482. The number of hydrogen-bond donors (Lipinski definition) is 2. The molecule has 0 saturated carbocycles. The van der Waals surface area contributed by atoms with Crippen molar-refractivity contribution in [1.82, 2.24) is 0 Å². The van der Waals surface area contributed by atoms with Crippen molar-refractivity contribution in [3.63, 3.8) is 0 Å². The van der Waals surface area contributed by atoms with E-state index >= 15 is 0 Å². The molecule has 0 saturated heterocycles. The molecule has 6 nitrogen and oxygen atoms in total. The molecule has 0 atom stereocenters. The molecule has 7 heteroatoms. The Labute approximate surface area is 133 Å². The van der Waals surface area contributed by atoms with Gasteiger partial charge in [-0.15, -0.1) is 5.11 Å². The van der Waals surface area contributed by atoms with Gasteiger partial charge in [-0.3, -0.25) is 4.55 Å². The number of fused-ring (bicyclic) bond motifs is 1. The van der Waals surface area contributed by atoms with E-state index in [-0.39, 0.29) is 10.6 Å². The number of azo groups is 1. The average molecular weight is 329 g/mol. The lowest BCUT2D eigenvalue weighted by Crippen LogP contribution is -2.34. The van der Waals surface area contributed by atoms with Crippen molar-refractivity contribution in [2.75, 3.05) is 5.73 Å². The van der Waals surface area contributed by atoms with E-state index in [2.05, 4.69) is 10.2 Å². The lowest BCUT2D eigenvalue weighted by Gasteiger charge is -2.09. The van der Waals surface area contributed by atoms with Gasteiger partial charge in [0.25, 0.3) is 10.1 Å². The first kappa shape index (κ1) is 15.4. The Balaban J connectivity index is 2.22. The molecule has 1 aliphatic rings. The summed E-state index contributed by atoms with van der Waals surface area (Å²) >= 11 is 0. The van der Waals surface area contributed by atoms with Crippen LogP contribution in [0.25, 0.3) is 12.2 Å². The molecule has 0 amide bonds. The minimum Gasteiger partial charge on any atom is -0.396 e. The monoisotopic (exact) mass is 329 g/mol. The van der Waals surface area contributed by atoms with Gasteiger partial charge in [0.1, 0.15) is 10.6 Å². The number of nitrogens with zero attached hydrogens (tertiary/aromatic N) is 2.